The van der Waals surface area contributed by atoms with Crippen molar-refractivity contribution in [2.24, 2.45) is 0 Å². The van der Waals surface area contributed by atoms with Crippen LogP contribution in [0.3, 0.4) is 0 Å². The van der Waals surface area contributed by atoms with Gasteiger partial charge in [0.2, 0.25) is 0 Å². The molecule has 0 fully saturated rings. The fourth-order valence-electron chi connectivity index (χ4n) is 0.652. The Morgan fingerprint density at radius 1 is 1.50 bits per heavy atom. The van der Waals surface area contributed by atoms with E-state index < -0.39 is 18.2 Å². The molecule has 0 N–H and O–H groups in total. The molecule has 1 aromatic rings. The summed E-state index contributed by atoms with van der Waals surface area (Å²) in [4.78, 5) is 0. The number of hydrogen-bond acceptors (Lipinski definition) is 0. The maximum atomic E-state index is 12.6. The Bertz CT molecular complexity index is 241. The second kappa shape index (κ2) is 3.90. The molecule has 0 nitrogen and oxygen atoms in total. The Labute approximate surface area is 79.4 Å². The summed E-state index contributed by atoms with van der Waals surface area (Å²) < 4.78 is 13.6. The van der Waals surface area contributed by atoms with Gasteiger partial charge >= 0.3 is 18.2 Å². The fourth-order valence-corrected chi connectivity index (χ4v) is 3.38. The molecule has 0 atom stereocenters. The van der Waals surface area contributed by atoms with Crippen LogP contribution in [0.1, 0.15) is 0 Å². The lowest BCUT2D eigenvalue weighted by Gasteiger charge is -1.98. The first kappa shape index (κ1) is 8.78. The summed E-state index contributed by atoms with van der Waals surface area (Å²) in [5.41, 5.74) is 0. The molecule has 0 aliphatic carbocycles. The molecule has 0 unspecified atom stereocenters. The zero-order chi connectivity index (χ0) is 7.56. The molecular weight excluding hydrogens is 231 g/mol. The first-order valence-electron chi connectivity index (χ1n) is 2.74. The molecule has 4 heteroatoms. The first-order chi connectivity index (χ1) is 4.75. The van der Waals surface area contributed by atoms with Crippen molar-refractivity contribution in [2.45, 2.75) is 0 Å². The third-order valence-corrected chi connectivity index (χ3v) is 4.51. The van der Waals surface area contributed by atoms with Gasteiger partial charge in [0.05, 0.1) is 5.02 Å². The van der Waals surface area contributed by atoms with E-state index in [-0.39, 0.29) is 10.8 Å². The quantitative estimate of drug-likeness (QED) is 0.652. The maximum absolute atomic E-state index is 12.6. The van der Waals surface area contributed by atoms with Gasteiger partial charge in [-0.05, 0) is 6.07 Å². The zero-order valence-electron chi connectivity index (χ0n) is 5.07. The van der Waals surface area contributed by atoms with Crippen LogP contribution in [0.15, 0.2) is 18.2 Å². The minimum atomic E-state index is -0.519. The summed E-state index contributed by atoms with van der Waals surface area (Å²) in [5, 5.41) is 0.269. The zero-order valence-corrected chi connectivity index (χ0v) is 8.83. The van der Waals surface area contributed by atoms with Gasteiger partial charge in [-0.25, -0.2) is 4.39 Å². The molecule has 0 saturated carbocycles. The summed E-state index contributed by atoms with van der Waals surface area (Å²) in [5.74, 6) is -0.328. The van der Waals surface area contributed by atoms with Crippen molar-refractivity contribution in [3.8, 4) is 0 Å². The van der Waals surface area contributed by atoms with E-state index in [1.54, 1.807) is 6.07 Å². The molecule has 0 heterocycles. The average molecular weight is 234 g/mol. The van der Waals surface area contributed by atoms with E-state index in [0.717, 1.165) is 3.69 Å². The second-order valence-corrected chi connectivity index (χ2v) is 4.94. The molecule has 0 saturated heterocycles. The van der Waals surface area contributed by atoms with Crippen LogP contribution in [0.5, 0.6) is 0 Å². The highest BCUT2D eigenvalue weighted by molar-refractivity contribution is 9.23. The predicted molar refractivity (Wildman–Crippen MR) is 45.7 cm³/mol. The normalized spacial score (nSPS) is 9.10. The topological polar surface area (TPSA) is 0 Å². The second-order valence-electron chi connectivity index (χ2n) is 1.85. The van der Waals surface area contributed by atoms with Crippen molar-refractivity contribution in [3.63, 3.8) is 0 Å². The summed E-state index contributed by atoms with van der Waals surface area (Å²) >= 11 is 8.43. The lowest BCUT2D eigenvalue weighted by molar-refractivity contribution is 0.629. The average Bonchev–Trinajstić information content (AvgIpc) is 1.95. The number of hydrogen-bond donors (Lipinski definition) is 0. The largest absolute Gasteiger partial charge is 0.509 e. The Morgan fingerprint density at radius 3 is 2.70 bits per heavy atom. The number of rotatable bonds is 1. The summed E-state index contributed by atoms with van der Waals surface area (Å²) in [6, 6.07) is 4.88. The number of benzene rings is 1. The van der Waals surface area contributed by atoms with E-state index in [0.29, 0.717) is 0 Å². The molecule has 0 bridgehead atoms. The highest BCUT2D eigenvalue weighted by atomic mass is 79.9. The summed E-state index contributed by atoms with van der Waals surface area (Å²) in [7, 11) is 0. The van der Waals surface area contributed by atoms with Gasteiger partial charge < -0.3 is 0 Å². The fraction of sp³-hybridized carbons (Fsp3) is 0. The molecule has 0 aromatic heterocycles. The molecule has 1 rings (SSSR count). The molecule has 0 spiro atoms. The van der Waals surface area contributed by atoms with Gasteiger partial charge in [0.1, 0.15) is 5.82 Å². The lowest BCUT2D eigenvalue weighted by Crippen LogP contribution is -2.10. The lowest BCUT2D eigenvalue weighted by atomic mass is 10.3. The van der Waals surface area contributed by atoms with Gasteiger partial charge in [0.15, 0.2) is 0 Å². The third kappa shape index (κ3) is 1.84. The van der Waals surface area contributed by atoms with E-state index in [9.17, 15) is 4.39 Å². The molecule has 10 heavy (non-hydrogen) atoms. The molecule has 1 aromatic carbocycles. The highest BCUT2D eigenvalue weighted by Gasteiger charge is 2.04. The van der Waals surface area contributed by atoms with Crippen molar-refractivity contribution in [1.29, 1.82) is 0 Å². The van der Waals surface area contributed by atoms with E-state index in [1.165, 1.54) is 6.07 Å². The van der Waals surface area contributed by atoms with Crippen molar-refractivity contribution in [1.82, 2.24) is 0 Å². The van der Waals surface area contributed by atoms with Crippen LogP contribution < -0.4 is 3.69 Å². The van der Waals surface area contributed by atoms with Crippen LogP contribution in [-0.2, 0) is 0 Å². The van der Waals surface area contributed by atoms with Gasteiger partial charge in [-0.15, -0.1) is 3.69 Å². The smallest absolute Gasteiger partial charge is 0.296 e. The summed E-state index contributed by atoms with van der Waals surface area (Å²) in [6.45, 7) is 0. The van der Waals surface area contributed by atoms with E-state index in [4.69, 9.17) is 11.6 Å². The molecule has 0 aliphatic rings. The van der Waals surface area contributed by atoms with Crippen molar-refractivity contribution < 1.29 is 4.39 Å². The molecular formula is C6H3BrClFMg. The van der Waals surface area contributed by atoms with Gasteiger partial charge in [-0.3, -0.25) is 12.9 Å². The summed E-state index contributed by atoms with van der Waals surface area (Å²) in [6.07, 6.45) is 0. The molecule has 50 valence electrons. The Morgan fingerprint density at radius 2 is 2.20 bits per heavy atom. The van der Waals surface area contributed by atoms with Gasteiger partial charge in [-0.1, -0.05) is 23.7 Å². The Kier molecular flexibility index (Phi) is 3.43. The van der Waals surface area contributed by atoms with Crippen LogP contribution in [0, 0.1) is 5.82 Å². The van der Waals surface area contributed by atoms with Crippen LogP contribution in [0.25, 0.3) is 0 Å². The van der Waals surface area contributed by atoms with Crippen LogP contribution in [0.2, 0.25) is 5.02 Å². The standard InChI is InChI=1S/C6H3ClF.BrH.Mg/c7-5-3-1-2-4-6(5)8;;/h1-2,4H;1H;/q;;+1/p-1. The van der Waals surface area contributed by atoms with Crippen LogP contribution in [-0.4, -0.2) is 18.2 Å². The van der Waals surface area contributed by atoms with Crippen molar-refractivity contribution >= 4 is 46.4 Å². The SMILES string of the molecule is Fc1ccc[c]([Mg][Br])c1Cl. The van der Waals surface area contributed by atoms with E-state index in [1.807, 2.05) is 6.07 Å². The van der Waals surface area contributed by atoms with Crippen molar-refractivity contribution in [2.75, 3.05) is 0 Å². The Balaban J connectivity index is 3.14. The van der Waals surface area contributed by atoms with E-state index >= 15 is 0 Å². The van der Waals surface area contributed by atoms with Crippen LogP contribution in [0.4, 0.5) is 4.39 Å². The van der Waals surface area contributed by atoms with Gasteiger partial charge in [0, 0.05) is 0 Å². The minimum absolute atomic E-state index is 0.269. The Hall–Kier alpha value is 0.686. The number of halogens is 3. The third-order valence-electron chi connectivity index (χ3n) is 1.18. The van der Waals surface area contributed by atoms with E-state index in [2.05, 4.69) is 12.9 Å². The van der Waals surface area contributed by atoms with Gasteiger partial charge in [-0.2, -0.15) is 0 Å². The molecule has 0 aliphatic heterocycles. The minimum Gasteiger partial charge on any atom is -0.296 e. The first-order valence-corrected chi connectivity index (χ1v) is 7.73. The molecule has 0 amide bonds. The predicted octanol–water partition coefficient (Wildman–Crippen LogP) is 2.12. The van der Waals surface area contributed by atoms with Crippen molar-refractivity contribution in [3.05, 3.63) is 29.0 Å². The molecule has 0 radical (unpaired) electrons. The monoisotopic (exact) mass is 232 g/mol. The van der Waals surface area contributed by atoms with Gasteiger partial charge in [0.25, 0.3) is 0 Å². The highest BCUT2D eigenvalue weighted by Crippen LogP contribution is 2.10. The maximum Gasteiger partial charge on any atom is 0.509 e. The van der Waals surface area contributed by atoms with Crippen LogP contribution >= 0.6 is 24.5 Å².